The van der Waals surface area contributed by atoms with Gasteiger partial charge in [0, 0.05) is 7.11 Å². The summed E-state index contributed by atoms with van der Waals surface area (Å²) in [7, 11) is 1.14. The monoisotopic (exact) mass is 208 g/mol. The Morgan fingerprint density at radius 2 is 2.14 bits per heavy atom. The summed E-state index contributed by atoms with van der Waals surface area (Å²) in [6.07, 6.45) is -4.82. The summed E-state index contributed by atoms with van der Waals surface area (Å²) in [4.78, 5) is 10.5. The second-order valence-electron chi connectivity index (χ2n) is 2.99. The van der Waals surface area contributed by atoms with Gasteiger partial charge in [-0.2, -0.15) is 0 Å². The fraction of sp³-hybridized carbons (Fsp3) is 0.857. The maximum atomic E-state index is 10.5. The van der Waals surface area contributed by atoms with Gasteiger partial charge >= 0.3 is 5.97 Å². The number of aliphatic hydroxyl groups excluding tert-OH is 3. The molecule has 4 N–H and O–H groups in total. The predicted octanol–water partition coefficient (Wildman–Crippen LogP) is -2.47. The third-order valence-corrected chi connectivity index (χ3v) is 2.22. The highest BCUT2D eigenvalue weighted by atomic mass is 16.7. The molecule has 82 valence electrons. The summed E-state index contributed by atoms with van der Waals surface area (Å²) in [6.45, 7) is -0.745. The smallest absolute Gasteiger partial charge is 0.335 e. The molecule has 1 aliphatic rings. The lowest BCUT2D eigenvalue weighted by molar-refractivity contribution is -0.261. The van der Waals surface area contributed by atoms with Crippen LogP contribution in [0.25, 0.3) is 0 Å². The average molecular weight is 208 g/mol. The summed E-state index contributed by atoms with van der Waals surface area (Å²) in [5.74, 6) is -3.29. The lowest BCUT2D eigenvalue weighted by atomic mass is 10.1. The van der Waals surface area contributed by atoms with E-state index < -0.39 is 36.7 Å². The Morgan fingerprint density at radius 1 is 1.57 bits per heavy atom. The average Bonchev–Trinajstić information content (AvgIpc) is 2.42. The number of carboxylic acids is 1. The van der Waals surface area contributed by atoms with Gasteiger partial charge in [-0.1, -0.05) is 0 Å². The number of rotatable bonds is 3. The van der Waals surface area contributed by atoms with Gasteiger partial charge in [-0.15, -0.1) is 0 Å². The summed E-state index contributed by atoms with van der Waals surface area (Å²) in [5.41, 5.74) is 0. The molecule has 0 aliphatic carbocycles. The second-order valence-corrected chi connectivity index (χ2v) is 2.99. The van der Waals surface area contributed by atoms with Crippen LogP contribution < -0.4 is 0 Å². The number of aliphatic carboxylic acids is 1. The third kappa shape index (κ3) is 1.49. The minimum Gasteiger partial charge on any atom is -0.479 e. The molecule has 0 spiro atoms. The van der Waals surface area contributed by atoms with E-state index in [0.717, 1.165) is 7.11 Å². The summed E-state index contributed by atoms with van der Waals surface area (Å²) >= 11 is 0. The minimum atomic E-state index is -1.86. The van der Waals surface area contributed by atoms with Crippen LogP contribution >= 0.6 is 0 Å². The molecule has 4 atom stereocenters. The first-order chi connectivity index (χ1) is 6.48. The molecular weight excluding hydrogens is 196 g/mol. The van der Waals surface area contributed by atoms with Crippen LogP contribution in [0.1, 0.15) is 0 Å². The van der Waals surface area contributed by atoms with Crippen molar-refractivity contribution in [2.45, 2.75) is 24.1 Å². The van der Waals surface area contributed by atoms with Gasteiger partial charge in [0.05, 0.1) is 0 Å². The summed E-state index contributed by atoms with van der Waals surface area (Å²) < 4.78 is 9.43. The zero-order chi connectivity index (χ0) is 10.9. The summed E-state index contributed by atoms with van der Waals surface area (Å²) in [6, 6.07) is 0. The van der Waals surface area contributed by atoms with E-state index >= 15 is 0 Å². The van der Waals surface area contributed by atoms with E-state index in [1.165, 1.54) is 0 Å². The first-order valence-corrected chi connectivity index (χ1v) is 3.91. The SMILES string of the molecule is CO[C@@]1(CO)O[C@H](C(=O)O)[C@@H](O)[C@@H]1O. The van der Waals surface area contributed by atoms with Crippen LogP contribution in [0.4, 0.5) is 0 Å². The van der Waals surface area contributed by atoms with E-state index in [-0.39, 0.29) is 0 Å². The van der Waals surface area contributed by atoms with E-state index in [9.17, 15) is 15.0 Å². The van der Waals surface area contributed by atoms with E-state index in [2.05, 4.69) is 4.74 Å². The quantitative estimate of drug-likeness (QED) is 0.406. The molecule has 0 aromatic rings. The number of carboxylic acid groups (broad SMARTS) is 1. The van der Waals surface area contributed by atoms with Crippen molar-refractivity contribution in [3.8, 4) is 0 Å². The van der Waals surface area contributed by atoms with E-state index in [1.807, 2.05) is 0 Å². The highest BCUT2D eigenvalue weighted by Gasteiger charge is 2.57. The fourth-order valence-electron chi connectivity index (χ4n) is 1.34. The number of hydrogen-bond acceptors (Lipinski definition) is 6. The summed E-state index contributed by atoms with van der Waals surface area (Å²) in [5, 5.41) is 36.2. The Hall–Kier alpha value is -0.730. The van der Waals surface area contributed by atoms with Crippen molar-refractivity contribution in [2.24, 2.45) is 0 Å². The highest BCUT2D eigenvalue weighted by Crippen LogP contribution is 2.31. The first-order valence-electron chi connectivity index (χ1n) is 3.91. The molecule has 1 aliphatic heterocycles. The molecule has 0 aromatic heterocycles. The van der Waals surface area contributed by atoms with Gasteiger partial charge in [0.25, 0.3) is 0 Å². The van der Waals surface area contributed by atoms with Gasteiger partial charge in [-0.25, -0.2) is 4.79 Å². The molecule has 0 aromatic carbocycles. The van der Waals surface area contributed by atoms with Crippen molar-refractivity contribution >= 4 is 5.97 Å². The van der Waals surface area contributed by atoms with Crippen molar-refractivity contribution in [3.05, 3.63) is 0 Å². The standard InChI is InChI=1S/C7H12O7/c1-13-7(2-8)5(10)3(9)4(14-7)6(11)12/h3-5,8-10H,2H2,1H3,(H,11,12)/t3-,4+,5+,7+/m1/s1. The van der Waals surface area contributed by atoms with Crippen LogP contribution in [0.5, 0.6) is 0 Å². The number of ether oxygens (including phenoxy) is 2. The van der Waals surface area contributed by atoms with E-state index in [1.54, 1.807) is 0 Å². The zero-order valence-electron chi connectivity index (χ0n) is 7.45. The van der Waals surface area contributed by atoms with Crippen LogP contribution in [0.2, 0.25) is 0 Å². The van der Waals surface area contributed by atoms with Crippen LogP contribution in [0.3, 0.4) is 0 Å². The highest BCUT2D eigenvalue weighted by molar-refractivity contribution is 5.73. The van der Waals surface area contributed by atoms with Gasteiger partial charge < -0.3 is 29.9 Å². The van der Waals surface area contributed by atoms with E-state index in [0.29, 0.717) is 0 Å². The minimum absolute atomic E-state index is 0.745. The van der Waals surface area contributed by atoms with Crippen molar-refractivity contribution in [3.63, 3.8) is 0 Å². The first kappa shape index (κ1) is 11.3. The molecule has 7 nitrogen and oxygen atoms in total. The maximum absolute atomic E-state index is 10.5. The Balaban J connectivity index is 2.90. The second kappa shape index (κ2) is 3.79. The van der Waals surface area contributed by atoms with Gasteiger partial charge in [-0.3, -0.25) is 0 Å². The van der Waals surface area contributed by atoms with Crippen LogP contribution in [-0.2, 0) is 14.3 Å². The number of methoxy groups -OCH3 is 1. The normalized spacial score (nSPS) is 42.7. The molecule has 7 heteroatoms. The Labute approximate surface area is 79.5 Å². The molecule has 0 saturated carbocycles. The Morgan fingerprint density at radius 3 is 2.36 bits per heavy atom. The lowest BCUT2D eigenvalue weighted by Crippen LogP contribution is -2.47. The Bertz CT molecular complexity index is 224. The van der Waals surface area contributed by atoms with E-state index in [4.69, 9.17) is 14.9 Å². The largest absolute Gasteiger partial charge is 0.479 e. The predicted molar refractivity (Wildman–Crippen MR) is 41.3 cm³/mol. The molecule has 14 heavy (non-hydrogen) atoms. The molecular formula is C7H12O7. The van der Waals surface area contributed by atoms with Crippen molar-refractivity contribution in [1.82, 2.24) is 0 Å². The topological polar surface area (TPSA) is 116 Å². The zero-order valence-corrected chi connectivity index (χ0v) is 7.45. The number of carbonyl (C=O) groups is 1. The number of aliphatic hydroxyl groups is 3. The van der Waals surface area contributed by atoms with Crippen molar-refractivity contribution in [2.75, 3.05) is 13.7 Å². The molecule has 0 radical (unpaired) electrons. The molecule has 1 heterocycles. The van der Waals surface area contributed by atoms with Gasteiger partial charge in [-0.05, 0) is 0 Å². The maximum Gasteiger partial charge on any atom is 0.335 e. The van der Waals surface area contributed by atoms with Gasteiger partial charge in [0.1, 0.15) is 18.8 Å². The molecule has 0 amide bonds. The van der Waals surface area contributed by atoms with Crippen LogP contribution in [0, 0.1) is 0 Å². The van der Waals surface area contributed by atoms with Crippen molar-refractivity contribution in [1.29, 1.82) is 0 Å². The van der Waals surface area contributed by atoms with Gasteiger partial charge in [0.15, 0.2) is 6.10 Å². The number of hydrogen-bond donors (Lipinski definition) is 4. The fourth-order valence-corrected chi connectivity index (χ4v) is 1.34. The third-order valence-electron chi connectivity index (χ3n) is 2.22. The Kier molecular flexibility index (Phi) is 3.07. The molecule has 1 rings (SSSR count). The van der Waals surface area contributed by atoms with Crippen LogP contribution in [-0.4, -0.2) is 64.2 Å². The molecule has 1 fully saturated rings. The van der Waals surface area contributed by atoms with Gasteiger partial charge in [0.2, 0.25) is 5.79 Å². The molecule has 0 unspecified atom stereocenters. The lowest BCUT2D eigenvalue weighted by Gasteiger charge is -2.27. The molecule has 0 bridgehead atoms. The van der Waals surface area contributed by atoms with Crippen LogP contribution in [0.15, 0.2) is 0 Å². The molecule has 1 saturated heterocycles. The van der Waals surface area contributed by atoms with Crippen molar-refractivity contribution < 1.29 is 34.7 Å².